The zero-order valence-corrected chi connectivity index (χ0v) is 14.3. The molecule has 6 heteroatoms. The number of nitrogens with one attached hydrogen (secondary N) is 2. The molecule has 0 spiro atoms. The summed E-state index contributed by atoms with van der Waals surface area (Å²) < 4.78 is 0. The Kier molecular flexibility index (Phi) is 6.85. The molecular weight excluding hydrogens is 347 g/mol. The predicted octanol–water partition coefficient (Wildman–Crippen LogP) is 3.55. The zero-order chi connectivity index (χ0) is 17.4. The van der Waals surface area contributed by atoms with Crippen molar-refractivity contribution >= 4 is 41.1 Å². The van der Waals surface area contributed by atoms with Crippen LogP contribution >= 0.6 is 23.2 Å². The van der Waals surface area contributed by atoms with E-state index in [9.17, 15) is 9.59 Å². The number of hydrogen-bond donors (Lipinski definition) is 2. The molecule has 2 rings (SSSR count). The highest BCUT2D eigenvalue weighted by Crippen LogP contribution is 2.21. The van der Waals surface area contributed by atoms with Crippen molar-refractivity contribution < 1.29 is 9.59 Å². The molecule has 0 aliphatic rings. The highest BCUT2D eigenvalue weighted by molar-refractivity contribution is 6.34. The molecule has 0 atom stereocenters. The van der Waals surface area contributed by atoms with Crippen LogP contribution in [0.1, 0.15) is 15.9 Å². The lowest BCUT2D eigenvalue weighted by molar-refractivity contribution is -0.116. The third-order valence-corrected chi connectivity index (χ3v) is 3.70. The minimum atomic E-state index is -0.278. The van der Waals surface area contributed by atoms with Crippen LogP contribution in [0.5, 0.6) is 0 Å². The lowest BCUT2D eigenvalue weighted by Crippen LogP contribution is -2.33. The van der Waals surface area contributed by atoms with Crippen molar-refractivity contribution in [2.75, 3.05) is 13.1 Å². The van der Waals surface area contributed by atoms with Crippen molar-refractivity contribution in [2.24, 2.45) is 0 Å². The second kappa shape index (κ2) is 9.11. The molecule has 2 amide bonds. The summed E-state index contributed by atoms with van der Waals surface area (Å²) in [5.74, 6) is -0.453. The van der Waals surface area contributed by atoms with Gasteiger partial charge >= 0.3 is 0 Å². The molecule has 0 heterocycles. The van der Waals surface area contributed by atoms with Gasteiger partial charge in [-0.3, -0.25) is 9.59 Å². The maximum atomic E-state index is 11.8. The Hall–Kier alpha value is -2.30. The maximum absolute atomic E-state index is 11.8. The molecule has 0 saturated heterocycles. The van der Waals surface area contributed by atoms with E-state index in [4.69, 9.17) is 23.2 Å². The third-order valence-electron chi connectivity index (χ3n) is 3.12. The molecule has 2 aromatic carbocycles. The van der Waals surface area contributed by atoms with Crippen LogP contribution in [0.4, 0.5) is 0 Å². The molecule has 124 valence electrons. The quantitative estimate of drug-likeness (QED) is 0.609. The lowest BCUT2D eigenvalue weighted by atomic mass is 10.2. The molecule has 2 aromatic rings. The molecule has 0 radical (unpaired) electrons. The highest BCUT2D eigenvalue weighted by Gasteiger charge is 2.03. The first-order valence-electron chi connectivity index (χ1n) is 7.30. The van der Waals surface area contributed by atoms with Gasteiger partial charge in [0.05, 0.1) is 0 Å². The second-order valence-corrected chi connectivity index (χ2v) is 5.76. The van der Waals surface area contributed by atoms with Crippen LogP contribution in [-0.2, 0) is 4.79 Å². The first-order chi connectivity index (χ1) is 11.6. The van der Waals surface area contributed by atoms with Gasteiger partial charge in [-0.2, -0.15) is 0 Å². The summed E-state index contributed by atoms with van der Waals surface area (Å²) in [4.78, 5) is 23.5. The molecule has 24 heavy (non-hydrogen) atoms. The smallest absolute Gasteiger partial charge is 0.251 e. The van der Waals surface area contributed by atoms with Gasteiger partial charge in [0.2, 0.25) is 5.91 Å². The van der Waals surface area contributed by atoms with E-state index < -0.39 is 0 Å². The molecule has 2 N–H and O–H groups in total. The summed E-state index contributed by atoms with van der Waals surface area (Å²) in [7, 11) is 0. The molecule has 0 fully saturated rings. The fraction of sp³-hybridized carbons (Fsp3) is 0.111. The van der Waals surface area contributed by atoms with E-state index in [0.29, 0.717) is 34.3 Å². The summed E-state index contributed by atoms with van der Waals surface area (Å²) in [6, 6.07) is 13.9. The van der Waals surface area contributed by atoms with Gasteiger partial charge < -0.3 is 10.6 Å². The maximum Gasteiger partial charge on any atom is 0.251 e. The zero-order valence-electron chi connectivity index (χ0n) is 12.8. The van der Waals surface area contributed by atoms with E-state index in [1.165, 1.54) is 6.08 Å². The van der Waals surface area contributed by atoms with E-state index in [-0.39, 0.29) is 11.8 Å². The van der Waals surface area contributed by atoms with Gasteiger partial charge in [-0.15, -0.1) is 0 Å². The average molecular weight is 363 g/mol. The van der Waals surface area contributed by atoms with Crippen molar-refractivity contribution in [1.29, 1.82) is 0 Å². The fourth-order valence-corrected chi connectivity index (χ4v) is 2.28. The summed E-state index contributed by atoms with van der Waals surface area (Å²) >= 11 is 11.9. The summed E-state index contributed by atoms with van der Waals surface area (Å²) in [5.41, 5.74) is 1.25. The summed E-state index contributed by atoms with van der Waals surface area (Å²) in [5, 5.41) is 6.46. The highest BCUT2D eigenvalue weighted by atomic mass is 35.5. The number of carbonyl (C=O) groups is 2. The van der Waals surface area contributed by atoms with E-state index in [1.54, 1.807) is 48.5 Å². The Bertz CT molecular complexity index is 746. The normalized spacial score (nSPS) is 10.6. The Morgan fingerprint density at radius 2 is 1.67 bits per heavy atom. The number of hydrogen-bond acceptors (Lipinski definition) is 2. The topological polar surface area (TPSA) is 58.2 Å². The van der Waals surface area contributed by atoms with Gasteiger partial charge in [-0.25, -0.2) is 0 Å². The largest absolute Gasteiger partial charge is 0.351 e. The van der Waals surface area contributed by atoms with E-state index in [1.807, 2.05) is 6.07 Å². The monoisotopic (exact) mass is 362 g/mol. The third kappa shape index (κ3) is 5.72. The number of carbonyl (C=O) groups excluding carboxylic acids is 2. The Balaban J connectivity index is 1.74. The molecule has 0 aromatic heterocycles. The van der Waals surface area contributed by atoms with Crippen LogP contribution in [0.2, 0.25) is 10.0 Å². The number of amides is 2. The van der Waals surface area contributed by atoms with Gasteiger partial charge in [0, 0.05) is 34.8 Å². The van der Waals surface area contributed by atoms with E-state index in [2.05, 4.69) is 10.6 Å². The molecule has 0 bridgehead atoms. The van der Waals surface area contributed by atoms with Gasteiger partial charge in [0.15, 0.2) is 0 Å². The average Bonchev–Trinajstić information content (AvgIpc) is 2.60. The van der Waals surface area contributed by atoms with Crippen LogP contribution in [0, 0.1) is 0 Å². The number of rotatable bonds is 6. The van der Waals surface area contributed by atoms with Gasteiger partial charge in [0.25, 0.3) is 5.91 Å². The van der Waals surface area contributed by atoms with Crippen molar-refractivity contribution in [3.05, 3.63) is 75.8 Å². The van der Waals surface area contributed by atoms with Crippen LogP contribution in [0.25, 0.3) is 6.08 Å². The van der Waals surface area contributed by atoms with Crippen LogP contribution in [0.3, 0.4) is 0 Å². The predicted molar refractivity (Wildman–Crippen MR) is 97.3 cm³/mol. The Morgan fingerprint density at radius 3 is 2.42 bits per heavy atom. The molecular formula is C18H16Cl2N2O2. The van der Waals surface area contributed by atoms with Crippen LogP contribution < -0.4 is 10.6 Å². The lowest BCUT2D eigenvalue weighted by Gasteiger charge is -2.05. The minimum absolute atomic E-state index is 0.175. The van der Waals surface area contributed by atoms with Crippen molar-refractivity contribution in [1.82, 2.24) is 10.6 Å². The van der Waals surface area contributed by atoms with Crippen LogP contribution in [0.15, 0.2) is 54.6 Å². The molecule has 0 aliphatic carbocycles. The summed E-state index contributed by atoms with van der Waals surface area (Å²) in [6.07, 6.45) is 2.96. The first kappa shape index (κ1) is 18.0. The van der Waals surface area contributed by atoms with Crippen LogP contribution in [-0.4, -0.2) is 24.9 Å². The Labute approximate surface area is 150 Å². The van der Waals surface area contributed by atoms with Gasteiger partial charge in [-0.1, -0.05) is 41.4 Å². The SMILES string of the molecule is O=C(/C=C/c1cc(Cl)ccc1Cl)NCCNC(=O)c1ccccc1. The molecule has 0 saturated carbocycles. The van der Waals surface area contributed by atoms with Crippen molar-refractivity contribution in [3.8, 4) is 0 Å². The van der Waals surface area contributed by atoms with E-state index in [0.717, 1.165) is 0 Å². The minimum Gasteiger partial charge on any atom is -0.351 e. The number of benzene rings is 2. The Morgan fingerprint density at radius 1 is 0.958 bits per heavy atom. The van der Waals surface area contributed by atoms with Crippen molar-refractivity contribution in [3.63, 3.8) is 0 Å². The molecule has 0 unspecified atom stereocenters. The fourth-order valence-electron chi connectivity index (χ4n) is 1.92. The summed E-state index contributed by atoms with van der Waals surface area (Å²) in [6.45, 7) is 0.663. The van der Waals surface area contributed by atoms with Gasteiger partial charge in [-0.05, 0) is 42.0 Å². The van der Waals surface area contributed by atoms with Crippen molar-refractivity contribution in [2.45, 2.75) is 0 Å². The second-order valence-electron chi connectivity index (χ2n) is 4.91. The first-order valence-corrected chi connectivity index (χ1v) is 8.06. The van der Waals surface area contributed by atoms with E-state index >= 15 is 0 Å². The standard InChI is InChI=1S/C18H16Cl2N2O2/c19-15-7-8-16(20)14(12-15)6-9-17(23)21-10-11-22-18(24)13-4-2-1-3-5-13/h1-9,12H,10-11H2,(H,21,23)(H,22,24)/b9-6+. The molecule has 0 aliphatic heterocycles. The van der Waals surface area contributed by atoms with Gasteiger partial charge in [0.1, 0.15) is 0 Å². The number of halogens is 2. The molecule has 4 nitrogen and oxygen atoms in total.